The van der Waals surface area contributed by atoms with E-state index < -0.39 is 0 Å². The third kappa shape index (κ3) is 1.88. The van der Waals surface area contributed by atoms with Crippen molar-refractivity contribution in [2.45, 2.75) is 32.7 Å². The van der Waals surface area contributed by atoms with Gasteiger partial charge in [-0.2, -0.15) is 0 Å². The van der Waals surface area contributed by atoms with Gasteiger partial charge >= 0.3 is 5.69 Å². The molecule has 0 unspecified atom stereocenters. The quantitative estimate of drug-likeness (QED) is 0.872. The van der Waals surface area contributed by atoms with E-state index in [0.29, 0.717) is 10.9 Å². The molecule has 0 aliphatic rings. The molecule has 2 rings (SSSR count). The van der Waals surface area contributed by atoms with Crippen molar-refractivity contribution in [1.82, 2.24) is 14.5 Å². The highest BCUT2D eigenvalue weighted by Gasteiger charge is 2.13. The van der Waals surface area contributed by atoms with Gasteiger partial charge in [0, 0.05) is 12.2 Å². The summed E-state index contributed by atoms with van der Waals surface area (Å²) in [5.41, 5.74) is -0.103. The van der Waals surface area contributed by atoms with Crippen LogP contribution in [0.4, 0.5) is 0 Å². The molecule has 5 heteroatoms. The molecule has 0 aliphatic heterocycles. The minimum Gasteiger partial charge on any atom is -0.305 e. The number of H-pyrrole nitrogens is 1. The summed E-state index contributed by atoms with van der Waals surface area (Å²) in [6, 6.07) is 1.58. The summed E-state index contributed by atoms with van der Waals surface area (Å²) in [6.45, 7) is 3.94. The number of fused-ring (bicyclic) bond motifs is 1. The lowest BCUT2D eigenvalue weighted by Crippen LogP contribution is -2.37. The standard InChI is InChI=1S/C12H15N3O2/c1-3-8(4-2)15-11(16)9-5-6-13-7-10(9)14-12(15)17/h5-8H,3-4H2,1-2H3,(H,14,17). The maximum Gasteiger partial charge on any atom is 0.329 e. The van der Waals surface area contributed by atoms with Crippen LogP contribution in [0.1, 0.15) is 32.7 Å². The first-order valence-corrected chi connectivity index (χ1v) is 5.77. The van der Waals surface area contributed by atoms with E-state index in [1.165, 1.54) is 10.8 Å². The number of nitrogens with one attached hydrogen (secondary N) is 1. The first kappa shape index (κ1) is 11.6. The van der Waals surface area contributed by atoms with E-state index in [0.717, 1.165) is 12.8 Å². The molecule has 0 aliphatic carbocycles. The van der Waals surface area contributed by atoms with Crippen LogP contribution in [0.5, 0.6) is 0 Å². The number of aromatic nitrogens is 3. The fourth-order valence-electron chi connectivity index (χ4n) is 2.06. The first-order chi connectivity index (χ1) is 8.19. The minimum atomic E-state index is -0.357. The van der Waals surface area contributed by atoms with Crippen LogP contribution in [-0.4, -0.2) is 14.5 Å². The van der Waals surface area contributed by atoms with Crippen molar-refractivity contribution in [3.63, 3.8) is 0 Å². The van der Waals surface area contributed by atoms with E-state index in [1.54, 1.807) is 12.3 Å². The molecule has 0 saturated carbocycles. The lowest BCUT2D eigenvalue weighted by atomic mass is 10.1. The van der Waals surface area contributed by atoms with Gasteiger partial charge in [-0.05, 0) is 18.9 Å². The normalized spacial score (nSPS) is 11.2. The van der Waals surface area contributed by atoms with Gasteiger partial charge in [-0.3, -0.25) is 14.3 Å². The van der Waals surface area contributed by atoms with Gasteiger partial charge in [0.25, 0.3) is 5.56 Å². The van der Waals surface area contributed by atoms with Gasteiger partial charge in [-0.15, -0.1) is 0 Å². The van der Waals surface area contributed by atoms with Crippen LogP contribution in [0.25, 0.3) is 10.9 Å². The van der Waals surface area contributed by atoms with Gasteiger partial charge in [0.05, 0.1) is 17.1 Å². The zero-order valence-electron chi connectivity index (χ0n) is 9.93. The van der Waals surface area contributed by atoms with Crippen LogP contribution < -0.4 is 11.2 Å². The molecule has 0 saturated heterocycles. The second-order valence-corrected chi connectivity index (χ2v) is 4.00. The molecule has 90 valence electrons. The van der Waals surface area contributed by atoms with Crippen molar-refractivity contribution < 1.29 is 0 Å². The van der Waals surface area contributed by atoms with Crippen LogP contribution in [0.2, 0.25) is 0 Å². The molecule has 0 bridgehead atoms. The molecule has 1 N–H and O–H groups in total. The monoisotopic (exact) mass is 233 g/mol. The van der Waals surface area contributed by atoms with Crippen molar-refractivity contribution in [2.75, 3.05) is 0 Å². The Morgan fingerprint density at radius 2 is 2.06 bits per heavy atom. The van der Waals surface area contributed by atoms with Gasteiger partial charge in [0.15, 0.2) is 0 Å². The first-order valence-electron chi connectivity index (χ1n) is 5.77. The van der Waals surface area contributed by atoms with Crippen molar-refractivity contribution in [3.05, 3.63) is 39.3 Å². The molecule has 0 atom stereocenters. The number of nitrogens with zero attached hydrogens (tertiary/aromatic N) is 2. The van der Waals surface area contributed by atoms with Crippen molar-refractivity contribution in [3.8, 4) is 0 Å². The molecule has 17 heavy (non-hydrogen) atoms. The average Bonchev–Trinajstić information content (AvgIpc) is 2.34. The molecule has 0 fully saturated rings. The van der Waals surface area contributed by atoms with E-state index in [4.69, 9.17) is 0 Å². The average molecular weight is 233 g/mol. The number of hydrogen-bond donors (Lipinski definition) is 1. The second-order valence-electron chi connectivity index (χ2n) is 4.00. The highest BCUT2D eigenvalue weighted by molar-refractivity contribution is 5.75. The van der Waals surface area contributed by atoms with E-state index in [1.807, 2.05) is 13.8 Å². The van der Waals surface area contributed by atoms with Crippen molar-refractivity contribution in [2.24, 2.45) is 0 Å². The van der Waals surface area contributed by atoms with Gasteiger partial charge in [0.2, 0.25) is 0 Å². The molecule has 5 nitrogen and oxygen atoms in total. The zero-order valence-corrected chi connectivity index (χ0v) is 9.93. The number of hydrogen-bond acceptors (Lipinski definition) is 3. The summed E-state index contributed by atoms with van der Waals surface area (Å²) in [4.78, 5) is 30.7. The molecular weight excluding hydrogens is 218 g/mol. The third-order valence-electron chi connectivity index (χ3n) is 3.04. The number of rotatable bonds is 3. The Kier molecular flexibility index (Phi) is 3.08. The summed E-state index contributed by atoms with van der Waals surface area (Å²) in [7, 11) is 0. The highest BCUT2D eigenvalue weighted by atomic mass is 16.2. The molecule has 0 spiro atoms. The van der Waals surface area contributed by atoms with E-state index >= 15 is 0 Å². The Morgan fingerprint density at radius 1 is 1.35 bits per heavy atom. The fourth-order valence-corrected chi connectivity index (χ4v) is 2.06. The maximum atomic E-state index is 12.2. The maximum absolute atomic E-state index is 12.2. The van der Waals surface area contributed by atoms with Crippen molar-refractivity contribution in [1.29, 1.82) is 0 Å². The SMILES string of the molecule is CCC(CC)n1c(=O)[nH]c2cnccc2c1=O. The van der Waals surface area contributed by atoms with Crippen LogP contribution in [0.3, 0.4) is 0 Å². The van der Waals surface area contributed by atoms with Gasteiger partial charge < -0.3 is 4.98 Å². The molecule has 0 aromatic carbocycles. The Balaban J connectivity index is 2.81. The Hall–Kier alpha value is -1.91. The Morgan fingerprint density at radius 3 is 2.71 bits per heavy atom. The number of pyridine rings is 1. The van der Waals surface area contributed by atoms with Crippen LogP contribution in [0, 0.1) is 0 Å². The Bertz CT molecular complexity index is 638. The summed E-state index contributed by atoms with van der Waals surface area (Å²) in [6.07, 6.45) is 4.57. The third-order valence-corrected chi connectivity index (χ3v) is 3.04. The smallest absolute Gasteiger partial charge is 0.305 e. The van der Waals surface area contributed by atoms with Crippen LogP contribution in [-0.2, 0) is 0 Å². The minimum absolute atomic E-state index is 0.0520. The van der Waals surface area contributed by atoms with Gasteiger partial charge in [-0.25, -0.2) is 4.79 Å². The predicted octanol–water partition coefficient (Wildman–Crippen LogP) is 1.45. The van der Waals surface area contributed by atoms with Crippen molar-refractivity contribution >= 4 is 10.9 Å². The Labute approximate surface area is 98.1 Å². The lowest BCUT2D eigenvalue weighted by Gasteiger charge is -2.15. The summed E-state index contributed by atoms with van der Waals surface area (Å²) >= 11 is 0. The molecular formula is C12H15N3O2. The van der Waals surface area contributed by atoms with E-state index in [9.17, 15) is 9.59 Å². The van der Waals surface area contributed by atoms with Gasteiger partial charge in [0.1, 0.15) is 0 Å². The van der Waals surface area contributed by atoms with Crippen LogP contribution in [0.15, 0.2) is 28.0 Å². The summed E-state index contributed by atoms with van der Waals surface area (Å²) in [5.74, 6) is 0. The van der Waals surface area contributed by atoms with E-state index in [2.05, 4.69) is 9.97 Å². The molecule has 2 aromatic rings. The topological polar surface area (TPSA) is 67.8 Å². The zero-order chi connectivity index (χ0) is 12.4. The lowest BCUT2D eigenvalue weighted by molar-refractivity contribution is 0.442. The predicted molar refractivity (Wildman–Crippen MR) is 66.2 cm³/mol. The van der Waals surface area contributed by atoms with E-state index in [-0.39, 0.29) is 17.3 Å². The highest BCUT2D eigenvalue weighted by Crippen LogP contribution is 2.11. The molecule has 2 aromatic heterocycles. The van der Waals surface area contributed by atoms with Gasteiger partial charge in [-0.1, -0.05) is 13.8 Å². The number of aromatic amines is 1. The fraction of sp³-hybridized carbons (Fsp3) is 0.417. The molecule has 2 heterocycles. The second kappa shape index (κ2) is 4.53. The summed E-state index contributed by atoms with van der Waals surface area (Å²) < 4.78 is 1.31. The molecule has 0 radical (unpaired) electrons. The van der Waals surface area contributed by atoms with Crippen LogP contribution >= 0.6 is 0 Å². The summed E-state index contributed by atoms with van der Waals surface area (Å²) in [5, 5.41) is 0.506. The largest absolute Gasteiger partial charge is 0.329 e. The molecule has 0 amide bonds.